The molecule has 0 saturated carbocycles. The smallest absolute Gasteiger partial charge is 0.268 e. The van der Waals surface area contributed by atoms with Crippen molar-refractivity contribution in [2.45, 2.75) is 13.8 Å². The molecule has 0 bridgehead atoms. The van der Waals surface area contributed by atoms with E-state index in [0.717, 1.165) is 11.1 Å². The first-order valence-corrected chi connectivity index (χ1v) is 9.20. The maximum absolute atomic E-state index is 12.1. The normalized spacial score (nSPS) is 12.3. The van der Waals surface area contributed by atoms with E-state index in [4.69, 9.17) is 4.42 Å². The molecule has 0 aliphatic carbocycles. The summed E-state index contributed by atoms with van der Waals surface area (Å²) in [5.41, 5.74) is 3.92. The number of carbonyl (C=O) groups is 1. The molecule has 0 saturated heterocycles. The lowest BCUT2D eigenvalue weighted by Crippen LogP contribution is -2.21. The van der Waals surface area contributed by atoms with E-state index in [9.17, 15) is 4.79 Å². The Morgan fingerprint density at radius 3 is 2.23 bits per heavy atom. The fourth-order valence-electron chi connectivity index (χ4n) is 2.63. The number of allylic oxidation sites excluding steroid dienone is 1. The maximum atomic E-state index is 12.1. The topological polar surface area (TPSA) is 96.8 Å². The molecule has 3 aromatic rings. The number of benzene rings is 1. The third-order valence-corrected chi connectivity index (χ3v) is 4.37. The van der Waals surface area contributed by atoms with E-state index < -0.39 is 0 Å². The fourth-order valence-corrected chi connectivity index (χ4v) is 2.63. The van der Waals surface area contributed by atoms with Gasteiger partial charge in [0.1, 0.15) is 5.70 Å². The minimum absolute atomic E-state index is 0.0575. The lowest BCUT2D eigenvalue weighted by molar-refractivity contribution is 0.0827. The van der Waals surface area contributed by atoms with E-state index in [1.165, 1.54) is 4.90 Å². The van der Waals surface area contributed by atoms with Crippen LogP contribution in [0.5, 0.6) is 0 Å². The highest BCUT2D eigenvalue weighted by Crippen LogP contribution is 2.25. The van der Waals surface area contributed by atoms with Crippen LogP contribution in [-0.2, 0) is 0 Å². The average molecular weight is 402 g/mol. The molecule has 8 nitrogen and oxygen atoms in total. The van der Waals surface area contributed by atoms with Crippen LogP contribution in [0.2, 0.25) is 0 Å². The van der Waals surface area contributed by atoms with Crippen molar-refractivity contribution in [3.05, 3.63) is 71.5 Å². The van der Waals surface area contributed by atoms with E-state index in [-0.39, 0.29) is 11.8 Å². The zero-order chi connectivity index (χ0) is 21.7. The molecule has 1 aromatic carbocycles. The van der Waals surface area contributed by atoms with Gasteiger partial charge >= 0.3 is 0 Å². The van der Waals surface area contributed by atoms with Gasteiger partial charge in [0.15, 0.2) is 0 Å². The van der Waals surface area contributed by atoms with Crippen molar-refractivity contribution in [3.63, 3.8) is 0 Å². The van der Waals surface area contributed by atoms with Crippen LogP contribution in [0.3, 0.4) is 0 Å². The zero-order valence-corrected chi connectivity index (χ0v) is 17.3. The van der Waals surface area contributed by atoms with E-state index in [0.29, 0.717) is 28.6 Å². The number of nitrogens with zero attached hydrogens (tertiary/aromatic N) is 6. The van der Waals surface area contributed by atoms with E-state index in [1.54, 1.807) is 57.7 Å². The van der Waals surface area contributed by atoms with Gasteiger partial charge in [0, 0.05) is 43.3 Å². The molecule has 8 heteroatoms. The van der Waals surface area contributed by atoms with E-state index in [1.807, 2.05) is 19.1 Å². The van der Waals surface area contributed by atoms with Crippen LogP contribution in [0.1, 0.15) is 35.7 Å². The number of pyridine rings is 1. The van der Waals surface area contributed by atoms with Crippen molar-refractivity contribution in [1.82, 2.24) is 20.1 Å². The van der Waals surface area contributed by atoms with Crippen molar-refractivity contribution < 1.29 is 9.21 Å². The summed E-state index contributed by atoms with van der Waals surface area (Å²) < 4.78 is 5.82. The molecule has 0 aliphatic heterocycles. The predicted molar refractivity (Wildman–Crippen MR) is 116 cm³/mol. The molecule has 1 amide bonds. The predicted octanol–water partition coefficient (Wildman–Crippen LogP) is 3.73. The van der Waals surface area contributed by atoms with Gasteiger partial charge < -0.3 is 9.32 Å². The van der Waals surface area contributed by atoms with Crippen LogP contribution >= 0.6 is 0 Å². The van der Waals surface area contributed by atoms with Crippen molar-refractivity contribution in [2.24, 2.45) is 9.98 Å². The number of hydrogen-bond donors (Lipinski definition) is 0. The second-order valence-electron chi connectivity index (χ2n) is 6.71. The van der Waals surface area contributed by atoms with Gasteiger partial charge in [-0.05, 0) is 50.4 Å². The second-order valence-corrected chi connectivity index (χ2v) is 6.71. The van der Waals surface area contributed by atoms with Gasteiger partial charge in [0.2, 0.25) is 5.89 Å². The van der Waals surface area contributed by atoms with Crippen LogP contribution in [0.25, 0.3) is 17.2 Å². The molecule has 0 spiro atoms. The minimum Gasteiger partial charge on any atom is -0.415 e. The number of aliphatic imine (C=N–C) groups is 2. The first-order valence-electron chi connectivity index (χ1n) is 9.20. The maximum Gasteiger partial charge on any atom is 0.268 e. The van der Waals surface area contributed by atoms with Crippen LogP contribution in [0.15, 0.2) is 68.9 Å². The lowest BCUT2D eigenvalue weighted by atomic mass is 10.1. The molecule has 0 N–H and O–H groups in total. The Kier molecular flexibility index (Phi) is 6.26. The van der Waals surface area contributed by atoms with Gasteiger partial charge in [0.05, 0.1) is 5.70 Å². The monoisotopic (exact) mass is 402 g/mol. The van der Waals surface area contributed by atoms with Crippen molar-refractivity contribution in [3.8, 4) is 11.5 Å². The molecule has 2 aromatic heterocycles. The first kappa shape index (κ1) is 20.8. The number of hydrogen-bond acceptors (Lipinski definition) is 7. The molecule has 0 fully saturated rings. The van der Waals surface area contributed by atoms with Crippen molar-refractivity contribution in [2.75, 3.05) is 14.1 Å². The summed E-state index contributed by atoms with van der Waals surface area (Å²) >= 11 is 0. The molecular weight excluding hydrogens is 380 g/mol. The van der Waals surface area contributed by atoms with Crippen molar-refractivity contribution >= 4 is 24.0 Å². The summed E-state index contributed by atoms with van der Waals surface area (Å²) in [6, 6.07) is 10.8. The van der Waals surface area contributed by atoms with Crippen LogP contribution < -0.4 is 0 Å². The Morgan fingerprint density at radius 2 is 1.63 bits per heavy atom. The first-order chi connectivity index (χ1) is 14.4. The molecule has 30 heavy (non-hydrogen) atoms. The molecule has 2 heterocycles. The number of carbonyl (C=O) groups excluding carboxylic acids is 1. The summed E-state index contributed by atoms with van der Waals surface area (Å²) in [7, 11) is 3.44. The number of rotatable bonds is 6. The third kappa shape index (κ3) is 4.54. The van der Waals surface area contributed by atoms with E-state index in [2.05, 4.69) is 31.9 Å². The summed E-state index contributed by atoms with van der Waals surface area (Å²) in [5, 5.41) is 8.22. The molecule has 152 valence electrons. The molecule has 0 aliphatic rings. The van der Waals surface area contributed by atoms with Gasteiger partial charge in [-0.3, -0.25) is 14.8 Å². The number of aromatic nitrogens is 3. The largest absolute Gasteiger partial charge is 0.415 e. The number of amides is 1. The van der Waals surface area contributed by atoms with Crippen LogP contribution in [-0.4, -0.2) is 52.5 Å². The van der Waals surface area contributed by atoms with E-state index >= 15 is 0 Å². The Hall–Kier alpha value is -3.94. The highest BCUT2D eigenvalue weighted by molar-refractivity contribution is 6.02. The molecular formula is C22H22N6O2. The summed E-state index contributed by atoms with van der Waals surface area (Å²) in [4.78, 5) is 26.2. The Balaban J connectivity index is 1.94. The third-order valence-electron chi connectivity index (χ3n) is 4.37. The lowest BCUT2D eigenvalue weighted by Gasteiger charge is -2.10. The second kappa shape index (κ2) is 9.04. The average Bonchev–Trinajstić information content (AvgIpc) is 3.27. The summed E-state index contributed by atoms with van der Waals surface area (Å²) in [6.45, 7) is 7.21. The Bertz CT molecular complexity index is 1110. The van der Waals surface area contributed by atoms with Gasteiger partial charge in [-0.25, -0.2) is 4.99 Å². The van der Waals surface area contributed by atoms with Gasteiger partial charge in [-0.1, -0.05) is 12.1 Å². The van der Waals surface area contributed by atoms with Gasteiger partial charge in [0.25, 0.3) is 11.8 Å². The quantitative estimate of drug-likeness (QED) is 0.585. The molecule has 0 atom stereocenters. The zero-order valence-electron chi connectivity index (χ0n) is 17.3. The van der Waals surface area contributed by atoms with Crippen LogP contribution in [0, 0.1) is 0 Å². The Morgan fingerprint density at radius 1 is 1.00 bits per heavy atom. The highest BCUT2D eigenvalue weighted by Gasteiger charge is 2.16. The van der Waals surface area contributed by atoms with Gasteiger partial charge in [-0.15, -0.1) is 10.2 Å². The summed E-state index contributed by atoms with van der Waals surface area (Å²) in [5.74, 6) is 0.546. The molecule has 0 unspecified atom stereocenters. The molecule has 3 rings (SSSR count). The van der Waals surface area contributed by atoms with Gasteiger partial charge in [-0.2, -0.15) is 0 Å². The van der Waals surface area contributed by atoms with Crippen molar-refractivity contribution in [1.29, 1.82) is 0 Å². The van der Waals surface area contributed by atoms with Crippen LogP contribution in [0.4, 0.5) is 0 Å². The minimum atomic E-state index is -0.0575. The SMILES string of the molecule is C=N/C(C)=C(\N=C(C)c1ccc(C(=O)N(C)C)cc1)c1nnc(-c2ccncc2)o1. The standard InChI is InChI=1S/C22H22N6O2/c1-14(16-6-8-18(9-7-16)22(29)28(4)5)25-19(15(2)23-3)21-27-26-20(30-21)17-10-12-24-13-11-17/h6-13H,3H2,1-2,4-5H3/b19-15-,25-14?. The molecule has 0 radical (unpaired) electrons. The fraction of sp³-hybridized carbons (Fsp3) is 0.182. The highest BCUT2D eigenvalue weighted by atomic mass is 16.4. The Labute approximate surface area is 174 Å². The summed E-state index contributed by atoms with van der Waals surface area (Å²) in [6.07, 6.45) is 3.30.